The second kappa shape index (κ2) is 10.4. The van der Waals surface area contributed by atoms with Gasteiger partial charge in [0.2, 0.25) is 17.7 Å². The smallest absolute Gasteiger partial charge is 0.322 e. The SMILES string of the molecule is COc1ccccc1-n1c(SCC(=O)Nc2nnc(C3CCCO3)o2)nnc1N1CCCCC1. The summed E-state index contributed by atoms with van der Waals surface area (Å²) < 4.78 is 18.7. The topological polar surface area (TPSA) is 120 Å². The Balaban J connectivity index is 1.32. The molecule has 0 bridgehead atoms. The third-order valence-corrected chi connectivity index (χ3v) is 6.73. The van der Waals surface area contributed by atoms with Crippen molar-refractivity contribution in [1.29, 1.82) is 0 Å². The normalized spacial score (nSPS) is 18.3. The number of anilines is 2. The molecule has 1 N–H and O–H groups in total. The van der Waals surface area contributed by atoms with Gasteiger partial charge in [0, 0.05) is 19.7 Å². The molecule has 0 spiro atoms. The lowest BCUT2D eigenvalue weighted by molar-refractivity contribution is -0.113. The lowest BCUT2D eigenvalue weighted by atomic mass is 10.1. The van der Waals surface area contributed by atoms with Crippen LogP contribution in [0.3, 0.4) is 0 Å². The van der Waals surface area contributed by atoms with Crippen LogP contribution < -0.4 is 15.0 Å². The molecule has 4 heterocycles. The second-order valence-corrected chi connectivity index (χ2v) is 9.06. The van der Waals surface area contributed by atoms with Crippen molar-refractivity contribution in [3.05, 3.63) is 30.2 Å². The monoisotopic (exact) mass is 485 g/mol. The molecule has 11 nitrogen and oxygen atoms in total. The number of thioether (sulfide) groups is 1. The molecule has 12 heteroatoms. The van der Waals surface area contributed by atoms with Crippen molar-refractivity contribution in [2.24, 2.45) is 0 Å². The van der Waals surface area contributed by atoms with Gasteiger partial charge in [-0.2, -0.15) is 0 Å². The molecule has 0 aliphatic carbocycles. The number of piperidine rings is 1. The molecule has 2 aromatic heterocycles. The lowest BCUT2D eigenvalue weighted by Crippen LogP contribution is -2.31. The number of carbonyl (C=O) groups is 1. The van der Waals surface area contributed by atoms with Crippen molar-refractivity contribution < 1.29 is 18.7 Å². The quantitative estimate of drug-likeness (QED) is 0.476. The van der Waals surface area contributed by atoms with E-state index in [-0.39, 0.29) is 23.8 Å². The van der Waals surface area contributed by atoms with Crippen LogP contribution in [0.15, 0.2) is 33.8 Å². The van der Waals surface area contributed by atoms with Crippen LogP contribution in [0.5, 0.6) is 5.75 Å². The molecule has 1 aromatic carbocycles. The van der Waals surface area contributed by atoms with Crippen LogP contribution in [0.25, 0.3) is 5.69 Å². The third-order valence-electron chi connectivity index (χ3n) is 5.81. The number of para-hydroxylation sites is 2. The van der Waals surface area contributed by atoms with Crippen molar-refractivity contribution in [3.8, 4) is 11.4 Å². The Bertz CT molecular complexity index is 1120. The Morgan fingerprint density at radius 3 is 2.79 bits per heavy atom. The van der Waals surface area contributed by atoms with Crippen LogP contribution in [-0.2, 0) is 9.53 Å². The van der Waals surface area contributed by atoms with Gasteiger partial charge in [-0.05, 0) is 44.2 Å². The summed E-state index contributed by atoms with van der Waals surface area (Å²) in [5.74, 6) is 1.68. The Kier molecular flexibility index (Phi) is 6.95. The highest BCUT2D eigenvalue weighted by Gasteiger charge is 2.25. The highest BCUT2D eigenvalue weighted by Crippen LogP contribution is 2.33. The number of carbonyl (C=O) groups excluding carboxylic acids is 1. The van der Waals surface area contributed by atoms with E-state index in [1.165, 1.54) is 18.2 Å². The molecule has 0 saturated carbocycles. The molecule has 3 aromatic rings. The maximum absolute atomic E-state index is 12.6. The largest absolute Gasteiger partial charge is 0.495 e. The average molecular weight is 486 g/mol. The molecule has 1 amide bonds. The first-order valence-electron chi connectivity index (χ1n) is 11.4. The van der Waals surface area contributed by atoms with Gasteiger partial charge in [-0.25, -0.2) is 0 Å². The van der Waals surface area contributed by atoms with Crippen molar-refractivity contribution in [2.45, 2.75) is 43.4 Å². The highest BCUT2D eigenvalue weighted by molar-refractivity contribution is 7.99. The number of ether oxygens (including phenoxy) is 2. The molecule has 1 atom stereocenters. The minimum absolute atomic E-state index is 0.0660. The van der Waals surface area contributed by atoms with Crippen LogP contribution in [-0.4, -0.2) is 63.4 Å². The van der Waals surface area contributed by atoms with Crippen LogP contribution in [0.2, 0.25) is 0 Å². The number of amides is 1. The molecule has 34 heavy (non-hydrogen) atoms. The Labute approximate surface area is 201 Å². The fourth-order valence-corrected chi connectivity index (χ4v) is 4.89. The lowest BCUT2D eigenvalue weighted by Gasteiger charge is -2.28. The maximum atomic E-state index is 12.6. The Hall–Kier alpha value is -3.12. The van der Waals surface area contributed by atoms with E-state index in [4.69, 9.17) is 13.9 Å². The van der Waals surface area contributed by atoms with Crippen molar-refractivity contribution in [2.75, 3.05) is 42.8 Å². The van der Waals surface area contributed by atoms with E-state index in [0.29, 0.717) is 23.4 Å². The highest BCUT2D eigenvalue weighted by atomic mass is 32.2. The molecular formula is C22H27N7O4S. The summed E-state index contributed by atoms with van der Waals surface area (Å²) in [6.45, 7) is 2.52. The number of aromatic nitrogens is 5. The Morgan fingerprint density at radius 1 is 1.15 bits per heavy atom. The summed E-state index contributed by atoms with van der Waals surface area (Å²) in [6, 6.07) is 7.79. The number of benzene rings is 1. The van der Waals surface area contributed by atoms with Crippen molar-refractivity contribution >= 4 is 29.6 Å². The first kappa shape index (κ1) is 22.7. The molecule has 2 saturated heterocycles. The summed E-state index contributed by atoms with van der Waals surface area (Å²) in [6.07, 6.45) is 5.04. The number of nitrogens with zero attached hydrogens (tertiary/aromatic N) is 6. The maximum Gasteiger partial charge on any atom is 0.322 e. The molecular weight excluding hydrogens is 458 g/mol. The van der Waals surface area contributed by atoms with E-state index >= 15 is 0 Å². The zero-order valence-electron chi connectivity index (χ0n) is 19.0. The van der Waals surface area contributed by atoms with Gasteiger partial charge in [0.15, 0.2) is 5.16 Å². The molecule has 180 valence electrons. The summed E-state index contributed by atoms with van der Waals surface area (Å²) >= 11 is 1.29. The molecule has 5 rings (SSSR count). The second-order valence-electron chi connectivity index (χ2n) is 8.12. The fourth-order valence-electron chi connectivity index (χ4n) is 4.15. The van der Waals surface area contributed by atoms with Crippen LogP contribution >= 0.6 is 11.8 Å². The van der Waals surface area contributed by atoms with Gasteiger partial charge in [0.25, 0.3) is 0 Å². The third kappa shape index (κ3) is 4.87. The van der Waals surface area contributed by atoms with Gasteiger partial charge in [-0.3, -0.25) is 14.7 Å². The van der Waals surface area contributed by atoms with Crippen molar-refractivity contribution in [3.63, 3.8) is 0 Å². The fraction of sp³-hybridized carbons (Fsp3) is 0.500. The molecule has 2 fully saturated rings. The number of methoxy groups -OCH3 is 1. The van der Waals surface area contributed by atoms with Gasteiger partial charge in [-0.15, -0.1) is 15.3 Å². The van der Waals surface area contributed by atoms with E-state index in [1.807, 2.05) is 28.8 Å². The first-order valence-corrected chi connectivity index (χ1v) is 12.4. The number of rotatable bonds is 8. The number of hydrogen-bond acceptors (Lipinski definition) is 10. The minimum atomic E-state index is -0.276. The van der Waals surface area contributed by atoms with Gasteiger partial charge in [0.1, 0.15) is 11.9 Å². The van der Waals surface area contributed by atoms with Gasteiger partial charge in [0.05, 0.1) is 18.6 Å². The average Bonchev–Trinajstić information content (AvgIpc) is 3.64. The zero-order valence-corrected chi connectivity index (χ0v) is 19.8. The first-order chi connectivity index (χ1) is 16.7. The van der Waals surface area contributed by atoms with Crippen molar-refractivity contribution in [1.82, 2.24) is 25.0 Å². The summed E-state index contributed by atoms with van der Waals surface area (Å²) in [7, 11) is 1.64. The summed E-state index contributed by atoms with van der Waals surface area (Å²) in [5.41, 5.74) is 0.830. The molecule has 1 unspecified atom stereocenters. The van der Waals surface area contributed by atoms with E-state index in [1.54, 1.807) is 7.11 Å². The summed E-state index contributed by atoms with van der Waals surface area (Å²) in [4.78, 5) is 14.8. The van der Waals surface area contributed by atoms with Gasteiger partial charge < -0.3 is 18.8 Å². The van der Waals surface area contributed by atoms with Crippen LogP contribution in [0.1, 0.15) is 44.1 Å². The van der Waals surface area contributed by atoms with E-state index < -0.39 is 0 Å². The predicted molar refractivity (Wildman–Crippen MR) is 126 cm³/mol. The number of nitrogens with one attached hydrogen (secondary N) is 1. The van der Waals surface area contributed by atoms with E-state index in [0.717, 1.165) is 50.4 Å². The van der Waals surface area contributed by atoms with Crippen LogP contribution in [0.4, 0.5) is 12.0 Å². The number of hydrogen-bond donors (Lipinski definition) is 1. The summed E-state index contributed by atoms with van der Waals surface area (Å²) in [5, 5.41) is 20.1. The van der Waals surface area contributed by atoms with Gasteiger partial charge >= 0.3 is 6.01 Å². The predicted octanol–water partition coefficient (Wildman–Crippen LogP) is 3.23. The zero-order chi connectivity index (χ0) is 23.3. The standard InChI is InChI=1S/C22H27N7O4S/c1-31-16-9-4-3-8-15(16)29-21(28-11-5-2-6-12-28)26-27-22(29)34-14-18(30)23-20-25-24-19(33-20)17-10-7-13-32-17/h3-4,8-9,17H,2,5-7,10-14H2,1H3,(H,23,25,30). The molecule has 2 aliphatic rings. The van der Waals surface area contributed by atoms with E-state index in [2.05, 4.69) is 30.6 Å². The minimum Gasteiger partial charge on any atom is -0.495 e. The molecule has 0 radical (unpaired) electrons. The van der Waals surface area contributed by atoms with Gasteiger partial charge in [-0.1, -0.05) is 29.0 Å². The Morgan fingerprint density at radius 2 is 2.00 bits per heavy atom. The molecule has 2 aliphatic heterocycles. The van der Waals surface area contributed by atoms with E-state index in [9.17, 15) is 4.79 Å². The van der Waals surface area contributed by atoms with Crippen LogP contribution in [0, 0.1) is 0 Å².